The van der Waals surface area contributed by atoms with Gasteiger partial charge in [-0.2, -0.15) is 0 Å². The molecule has 4 heteroatoms. The lowest BCUT2D eigenvalue weighted by molar-refractivity contribution is 1.49. The van der Waals surface area contributed by atoms with E-state index in [0.717, 1.165) is 0 Å². The van der Waals surface area contributed by atoms with Gasteiger partial charge in [-0.15, -0.1) is 0 Å². The van der Waals surface area contributed by atoms with Gasteiger partial charge in [0.25, 0.3) is 0 Å². The van der Waals surface area contributed by atoms with Gasteiger partial charge in [-0.1, -0.05) is 0 Å². The fraction of sp³-hybridized carbons (Fsp3) is 0. The van der Waals surface area contributed by atoms with Crippen molar-refractivity contribution in [3.05, 3.63) is 26.4 Å². The molecular formula is C6H2I4. The van der Waals surface area contributed by atoms with Crippen molar-refractivity contribution < 1.29 is 0 Å². The molecule has 0 unspecified atom stereocenters. The van der Waals surface area contributed by atoms with Crippen LogP contribution in [0.15, 0.2) is 12.1 Å². The van der Waals surface area contributed by atoms with E-state index < -0.39 is 0 Å². The first kappa shape index (κ1) is 10.2. The van der Waals surface area contributed by atoms with E-state index >= 15 is 0 Å². The van der Waals surface area contributed by atoms with E-state index in [-0.39, 0.29) is 0 Å². The van der Waals surface area contributed by atoms with Crippen LogP contribution in [0.1, 0.15) is 0 Å². The molecule has 0 saturated heterocycles. The van der Waals surface area contributed by atoms with Crippen LogP contribution in [0, 0.1) is 14.3 Å². The van der Waals surface area contributed by atoms with Gasteiger partial charge in [0.1, 0.15) is 0 Å². The van der Waals surface area contributed by atoms with Crippen molar-refractivity contribution in [1.29, 1.82) is 0 Å². The first-order valence-electron chi connectivity index (χ1n) is 2.41. The van der Waals surface area contributed by atoms with E-state index in [9.17, 15) is 0 Å². The maximum atomic E-state index is 2.35. The van der Waals surface area contributed by atoms with Gasteiger partial charge in [0.15, 0.2) is 0 Å². The Kier molecular flexibility index (Phi) is 4.49. The van der Waals surface area contributed by atoms with Gasteiger partial charge in [0, 0.05) is 14.3 Å². The van der Waals surface area contributed by atoms with Crippen LogP contribution in [-0.4, -0.2) is 0 Å². The Morgan fingerprint density at radius 1 is 0.600 bits per heavy atom. The molecule has 0 aliphatic heterocycles. The molecular weight excluding hydrogens is 580 g/mol. The third kappa shape index (κ3) is 2.57. The Morgan fingerprint density at radius 2 is 0.800 bits per heavy atom. The molecule has 0 amide bonds. The molecule has 0 aliphatic rings. The van der Waals surface area contributed by atoms with E-state index in [1.54, 1.807) is 0 Å². The Balaban J connectivity index is 3.28. The van der Waals surface area contributed by atoms with Crippen molar-refractivity contribution in [2.75, 3.05) is 0 Å². The minimum absolute atomic E-state index is 1.34. The molecule has 1 rings (SSSR count). The van der Waals surface area contributed by atoms with Crippen molar-refractivity contribution in [3.63, 3.8) is 0 Å². The molecule has 0 saturated carbocycles. The van der Waals surface area contributed by atoms with Crippen LogP contribution in [0.4, 0.5) is 0 Å². The van der Waals surface area contributed by atoms with Gasteiger partial charge in [-0.25, -0.2) is 0 Å². The zero-order valence-electron chi connectivity index (χ0n) is 4.67. The van der Waals surface area contributed by atoms with E-state index in [1.165, 1.54) is 14.3 Å². The minimum Gasteiger partial charge on any atom is -0.0431 e. The average Bonchev–Trinajstić information content (AvgIpc) is 1.84. The van der Waals surface area contributed by atoms with E-state index in [1.807, 2.05) is 0 Å². The van der Waals surface area contributed by atoms with E-state index in [0.29, 0.717) is 0 Å². The zero-order chi connectivity index (χ0) is 7.72. The van der Waals surface area contributed by atoms with Crippen LogP contribution in [0.2, 0.25) is 0 Å². The molecule has 0 nitrogen and oxygen atoms in total. The maximum Gasteiger partial charge on any atom is 0.0275 e. The number of benzene rings is 1. The average molecular weight is 582 g/mol. The second kappa shape index (κ2) is 4.40. The minimum atomic E-state index is 1.34. The molecule has 0 aliphatic carbocycles. The lowest BCUT2D eigenvalue weighted by Crippen LogP contribution is -1.85. The summed E-state index contributed by atoms with van der Waals surface area (Å²) in [5.74, 6) is 0. The second-order valence-corrected chi connectivity index (χ2v) is 6.33. The molecule has 0 spiro atoms. The maximum absolute atomic E-state index is 2.35. The zero-order valence-corrected chi connectivity index (χ0v) is 13.3. The molecule has 0 heterocycles. The van der Waals surface area contributed by atoms with Gasteiger partial charge in [0.2, 0.25) is 0 Å². The highest BCUT2D eigenvalue weighted by atomic mass is 127. The van der Waals surface area contributed by atoms with Crippen molar-refractivity contribution in [3.8, 4) is 0 Å². The lowest BCUT2D eigenvalue weighted by Gasteiger charge is -1.99. The van der Waals surface area contributed by atoms with Crippen molar-refractivity contribution in [2.45, 2.75) is 0 Å². The second-order valence-electron chi connectivity index (χ2n) is 1.68. The lowest BCUT2D eigenvalue weighted by atomic mass is 10.4. The quantitative estimate of drug-likeness (QED) is 0.320. The third-order valence-electron chi connectivity index (χ3n) is 0.963. The Labute approximate surface area is 114 Å². The van der Waals surface area contributed by atoms with Gasteiger partial charge in [-0.3, -0.25) is 0 Å². The number of hydrogen-bond acceptors (Lipinski definition) is 0. The van der Waals surface area contributed by atoms with Crippen LogP contribution >= 0.6 is 90.4 Å². The van der Waals surface area contributed by atoms with Crippen molar-refractivity contribution >= 4 is 90.4 Å². The summed E-state index contributed by atoms with van der Waals surface area (Å²) < 4.78 is 5.34. The Morgan fingerprint density at radius 3 is 1.00 bits per heavy atom. The smallest absolute Gasteiger partial charge is 0.0275 e. The fourth-order valence-electron chi connectivity index (χ4n) is 0.498. The summed E-state index contributed by atoms with van der Waals surface area (Å²) in [4.78, 5) is 0. The molecule has 10 heavy (non-hydrogen) atoms. The fourth-order valence-corrected chi connectivity index (χ4v) is 3.56. The van der Waals surface area contributed by atoms with Crippen LogP contribution in [0.5, 0.6) is 0 Å². The van der Waals surface area contributed by atoms with Crippen LogP contribution in [0.3, 0.4) is 0 Å². The SMILES string of the molecule is Ic1cc(I)c(I)cc1I. The molecule has 0 aromatic heterocycles. The highest BCUT2D eigenvalue weighted by Crippen LogP contribution is 2.22. The van der Waals surface area contributed by atoms with Crippen molar-refractivity contribution in [2.24, 2.45) is 0 Å². The highest BCUT2D eigenvalue weighted by molar-refractivity contribution is 14.1. The standard InChI is InChI=1S/C6H2I4/c7-3-1-4(8)6(10)2-5(3)9/h1-2H. The molecule has 1 aromatic rings. The first-order chi connectivity index (χ1) is 4.61. The summed E-state index contributed by atoms with van der Waals surface area (Å²) >= 11 is 9.40. The predicted molar refractivity (Wildman–Crippen MR) is 77.3 cm³/mol. The summed E-state index contributed by atoms with van der Waals surface area (Å²) in [7, 11) is 0. The Bertz CT molecular complexity index is 206. The molecule has 1 aromatic carbocycles. The monoisotopic (exact) mass is 582 g/mol. The number of halogens is 4. The van der Waals surface area contributed by atoms with Gasteiger partial charge >= 0.3 is 0 Å². The summed E-state index contributed by atoms with van der Waals surface area (Å²) in [6, 6.07) is 4.40. The van der Waals surface area contributed by atoms with Crippen molar-refractivity contribution in [1.82, 2.24) is 0 Å². The summed E-state index contributed by atoms with van der Waals surface area (Å²) in [6.07, 6.45) is 0. The van der Waals surface area contributed by atoms with Gasteiger partial charge < -0.3 is 0 Å². The molecule has 0 radical (unpaired) electrons. The summed E-state index contributed by atoms with van der Waals surface area (Å²) in [5.41, 5.74) is 0. The van der Waals surface area contributed by atoms with Crippen LogP contribution in [-0.2, 0) is 0 Å². The van der Waals surface area contributed by atoms with Gasteiger partial charge in [-0.05, 0) is 102 Å². The highest BCUT2D eigenvalue weighted by Gasteiger charge is 2.00. The topological polar surface area (TPSA) is 0 Å². The Hall–Kier alpha value is 2.14. The third-order valence-corrected chi connectivity index (χ3v) is 6.60. The molecule has 54 valence electrons. The molecule has 0 N–H and O–H groups in total. The summed E-state index contributed by atoms with van der Waals surface area (Å²) in [5, 5.41) is 0. The van der Waals surface area contributed by atoms with E-state index in [2.05, 4.69) is 102 Å². The van der Waals surface area contributed by atoms with Crippen LogP contribution in [0.25, 0.3) is 0 Å². The number of hydrogen-bond donors (Lipinski definition) is 0. The summed E-state index contributed by atoms with van der Waals surface area (Å²) in [6.45, 7) is 0. The van der Waals surface area contributed by atoms with E-state index in [4.69, 9.17) is 0 Å². The van der Waals surface area contributed by atoms with Crippen LogP contribution < -0.4 is 0 Å². The first-order valence-corrected chi connectivity index (χ1v) is 6.73. The predicted octanol–water partition coefficient (Wildman–Crippen LogP) is 4.11. The normalized spacial score (nSPS) is 10.0. The van der Waals surface area contributed by atoms with Gasteiger partial charge in [0.05, 0.1) is 0 Å². The number of rotatable bonds is 0. The largest absolute Gasteiger partial charge is 0.0431 e. The molecule has 0 fully saturated rings. The molecule has 0 bridgehead atoms. The molecule has 0 atom stereocenters.